The van der Waals surface area contributed by atoms with Crippen LogP contribution in [-0.4, -0.2) is 0 Å². The van der Waals surface area contributed by atoms with E-state index in [1.165, 1.54) is 43.9 Å². The fourth-order valence-corrected chi connectivity index (χ4v) is 3.46. The molecule has 2 rings (SSSR count). The molecule has 94 valence electrons. The Kier molecular flexibility index (Phi) is 4.55. The van der Waals surface area contributed by atoms with Gasteiger partial charge in [0, 0.05) is 10.4 Å². The van der Waals surface area contributed by atoms with Gasteiger partial charge in [0.15, 0.2) is 0 Å². The fourth-order valence-electron chi connectivity index (χ4n) is 2.58. The standard InChI is InChI=1S/C14H17BrF2/c15-14(10-5-3-1-2-4-6-10)12-9-11(16)7-8-13(12)17/h7-10,14H,1-6H2. The highest BCUT2D eigenvalue weighted by Crippen LogP contribution is 2.40. The zero-order chi connectivity index (χ0) is 12.3. The largest absolute Gasteiger partial charge is 0.207 e. The van der Waals surface area contributed by atoms with Gasteiger partial charge in [-0.25, -0.2) is 8.78 Å². The molecular weight excluding hydrogens is 286 g/mol. The minimum absolute atomic E-state index is 0.0590. The maximum absolute atomic E-state index is 13.7. The lowest BCUT2D eigenvalue weighted by Crippen LogP contribution is -2.08. The monoisotopic (exact) mass is 302 g/mol. The lowest BCUT2D eigenvalue weighted by molar-refractivity contribution is 0.442. The van der Waals surface area contributed by atoms with Gasteiger partial charge >= 0.3 is 0 Å². The first-order chi connectivity index (χ1) is 8.18. The van der Waals surface area contributed by atoms with Crippen molar-refractivity contribution in [3.05, 3.63) is 35.4 Å². The van der Waals surface area contributed by atoms with E-state index >= 15 is 0 Å². The van der Waals surface area contributed by atoms with Gasteiger partial charge in [-0.1, -0.05) is 41.6 Å². The van der Waals surface area contributed by atoms with Crippen LogP contribution >= 0.6 is 15.9 Å². The number of halogens is 3. The Balaban J connectivity index is 2.16. The summed E-state index contributed by atoms with van der Waals surface area (Å²) in [6.07, 6.45) is 7.13. The van der Waals surface area contributed by atoms with E-state index in [-0.39, 0.29) is 16.5 Å². The SMILES string of the molecule is Fc1ccc(F)c(C(Br)C2CCCCCC2)c1. The second-order valence-electron chi connectivity index (χ2n) is 4.82. The Morgan fingerprint density at radius 3 is 2.35 bits per heavy atom. The molecule has 1 fully saturated rings. The molecule has 0 bridgehead atoms. The summed E-state index contributed by atoms with van der Waals surface area (Å²) < 4.78 is 26.8. The number of rotatable bonds is 2. The second kappa shape index (κ2) is 5.94. The van der Waals surface area contributed by atoms with Gasteiger partial charge < -0.3 is 0 Å². The topological polar surface area (TPSA) is 0 Å². The lowest BCUT2D eigenvalue weighted by atomic mass is 9.92. The van der Waals surface area contributed by atoms with Crippen molar-refractivity contribution in [3.63, 3.8) is 0 Å². The molecule has 1 unspecified atom stereocenters. The van der Waals surface area contributed by atoms with E-state index in [2.05, 4.69) is 15.9 Å². The highest BCUT2D eigenvalue weighted by Gasteiger charge is 2.24. The van der Waals surface area contributed by atoms with E-state index in [9.17, 15) is 8.78 Å². The minimum Gasteiger partial charge on any atom is -0.207 e. The lowest BCUT2D eigenvalue weighted by Gasteiger charge is -2.21. The molecule has 0 saturated heterocycles. The van der Waals surface area contributed by atoms with Crippen molar-refractivity contribution in [2.45, 2.75) is 43.4 Å². The van der Waals surface area contributed by atoms with Crippen LogP contribution < -0.4 is 0 Å². The van der Waals surface area contributed by atoms with Crippen molar-refractivity contribution in [1.82, 2.24) is 0 Å². The molecule has 1 atom stereocenters. The average Bonchev–Trinajstić information content (AvgIpc) is 2.60. The van der Waals surface area contributed by atoms with Crippen molar-refractivity contribution in [1.29, 1.82) is 0 Å². The molecule has 1 aliphatic carbocycles. The van der Waals surface area contributed by atoms with Gasteiger partial charge in [-0.05, 0) is 37.0 Å². The summed E-state index contributed by atoms with van der Waals surface area (Å²) in [5.41, 5.74) is 0.469. The zero-order valence-electron chi connectivity index (χ0n) is 9.76. The fraction of sp³-hybridized carbons (Fsp3) is 0.571. The maximum Gasteiger partial charge on any atom is 0.127 e. The van der Waals surface area contributed by atoms with Gasteiger partial charge in [0.2, 0.25) is 0 Å². The van der Waals surface area contributed by atoms with Crippen LogP contribution in [0.3, 0.4) is 0 Å². The zero-order valence-corrected chi connectivity index (χ0v) is 11.3. The number of hydrogen-bond acceptors (Lipinski definition) is 0. The number of alkyl halides is 1. The van der Waals surface area contributed by atoms with Crippen LogP contribution in [0.25, 0.3) is 0 Å². The van der Waals surface area contributed by atoms with Gasteiger partial charge in [-0.3, -0.25) is 0 Å². The molecule has 0 radical (unpaired) electrons. The van der Waals surface area contributed by atoms with Crippen molar-refractivity contribution in [3.8, 4) is 0 Å². The summed E-state index contributed by atoms with van der Waals surface area (Å²) in [6, 6.07) is 3.71. The van der Waals surface area contributed by atoms with Crippen molar-refractivity contribution in [2.24, 2.45) is 5.92 Å². The third kappa shape index (κ3) is 3.27. The van der Waals surface area contributed by atoms with E-state index < -0.39 is 0 Å². The van der Waals surface area contributed by atoms with E-state index in [1.54, 1.807) is 0 Å². The molecule has 1 aromatic carbocycles. The average molecular weight is 303 g/mol. The van der Waals surface area contributed by atoms with E-state index in [1.807, 2.05) is 0 Å². The smallest absolute Gasteiger partial charge is 0.127 e. The molecular formula is C14H17BrF2. The molecule has 0 aromatic heterocycles. The van der Waals surface area contributed by atoms with E-state index in [4.69, 9.17) is 0 Å². The van der Waals surface area contributed by atoms with Gasteiger partial charge in [-0.15, -0.1) is 0 Å². The highest BCUT2D eigenvalue weighted by molar-refractivity contribution is 9.09. The van der Waals surface area contributed by atoms with Crippen molar-refractivity contribution >= 4 is 15.9 Å². The van der Waals surface area contributed by atoms with Crippen LogP contribution in [0.1, 0.15) is 48.9 Å². The third-order valence-electron chi connectivity index (χ3n) is 3.57. The Morgan fingerprint density at radius 2 is 1.71 bits per heavy atom. The molecule has 3 heteroatoms. The van der Waals surface area contributed by atoms with Crippen molar-refractivity contribution < 1.29 is 8.78 Å². The first-order valence-corrected chi connectivity index (χ1v) is 7.19. The molecule has 0 aliphatic heterocycles. The molecule has 1 saturated carbocycles. The molecule has 0 N–H and O–H groups in total. The first-order valence-electron chi connectivity index (χ1n) is 6.27. The van der Waals surface area contributed by atoms with Crippen LogP contribution in [0.5, 0.6) is 0 Å². The van der Waals surface area contributed by atoms with Crippen LogP contribution in [0.2, 0.25) is 0 Å². The van der Waals surface area contributed by atoms with E-state index in [0.717, 1.165) is 12.8 Å². The van der Waals surface area contributed by atoms with Gasteiger partial charge in [0.25, 0.3) is 0 Å². The quantitative estimate of drug-likeness (QED) is 0.509. The molecule has 1 aromatic rings. The molecule has 0 nitrogen and oxygen atoms in total. The molecule has 1 aliphatic rings. The Hall–Kier alpha value is -0.440. The molecule has 0 spiro atoms. The Labute approximate surface area is 110 Å². The van der Waals surface area contributed by atoms with Gasteiger partial charge in [0.1, 0.15) is 11.6 Å². The Morgan fingerprint density at radius 1 is 1.06 bits per heavy atom. The van der Waals surface area contributed by atoms with Crippen LogP contribution in [-0.2, 0) is 0 Å². The molecule has 0 amide bonds. The highest BCUT2D eigenvalue weighted by atomic mass is 79.9. The Bertz CT molecular complexity index is 370. The van der Waals surface area contributed by atoms with E-state index in [0.29, 0.717) is 11.5 Å². The summed E-state index contributed by atoms with van der Waals surface area (Å²) in [5.74, 6) is -0.245. The summed E-state index contributed by atoms with van der Waals surface area (Å²) >= 11 is 3.56. The van der Waals surface area contributed by atoms with Crippen LogP contribution in [0, 0.1) is 17.6 Å². The summed E-state index contributed by atoms with van der Waals surface area (Å²) in [7, 11) is 0. The third-order valence-corrected chi connectivity index (χ3v) is 4.81. The van der Waals surface area contributed by atoms with Crippen molar-refractivity contribution in [2.75, 3.05) is 0 Å². The molecule has 0 heterocycles. The minimum atomic E-state index is -0.362. The summed E-state index contributed by atoms with van der Waals surface area (Å²) in [5, 5.41) is 0. The van der Waals surface area contributed by atoms with Gasteiger partial charge in [0.05, 0.1) is 0 Å². The van der Waals surface area contributed by atoms with Crippen LogP contribution in [0.4, 0.5) is 8.78 Å². The van der Waals surface area contributed by atoms with Gasteiger partial charge in [-0.2, -0.15) is 0 Å². The number of benzene rings is 1. The predicted octanol–water partition coefficient (Wildman–Crippen LogP) is 5.37. The predicted molar refractivity (Wildman–Crippen MR) is 69.2 cm³/mol. The maximum atomic E-state index is 13.7. The summed E-state index contributed by atoms with van der Waals surface area (Å²) in [6.45, 7) is 0. The number of hydrogen-bond donors (Lipinski definition) is 0. The molecule has 17 heavy (non-hydrogen) atoms. The summed E-state index contributed by atoms with van der Waals surface area (Å²) in [4.78, 5) is -0.0590. The second-order valence-corrected chi connectivity index (χ2v) is 5.81. The normalized spacial score (nSPS) is 19.9. The van der Waals surface area contributed by atoms with Crippen LogP contribution in [0.15, 0.2) is 18.2 Å². The first kappa shape index (κ1) is 13.0.